The van der Waals surface area contributed by atoms with Gasteiger partial charge >= 0.3 is 12.2 Å². The largest absolute Gasteiger partial charge is 0.419 e. The van der Waals surface area contributed by atoms with Gasteiger partial charge in [0.15, 0.2) is 0 Å². The second-order valence-electron chi connectivity index (χ2n) is 8.61. The number of nitrogens with one attached hydrogen (secondary N) is 1. The summed E-state index contributed by atoms with van der Waals surface area (Å²) in [6.45, 7) is 2.07. The third-order valence-corrected chi connectivity index (χ3v) is 6.12. The first-order chi connectivity index (χ1) is 15.9. The van der Waals surface area contributed by atoms with Crippen LogP contribution in [0.3, 0.4) is 0 Å². The predicted molar refractivity (Wildman–Crippen MR) is 109 cm³/mol. The third-order valence-electron chi connectivity index (χ3n) is 6.12. The van der Waals surface area contributed by atoms with E-state index in [1.54, 1.807) is 14.0 Å². The summed E-state index contributed by atoms with van der Waals surface area (Å²) in [6.07, 6.45) is -4.82. The lowest BCUT2D eigenvalue weighted by Crippen LogP contribution is -2.45. The molecule has 2 aromatic rings. The molecule has 2 N–H and O–H groups in total. The monoisotopic (exact) mass is 487 g/mol. The molecule has 0 saturated carbocycles. The fourth-order valence-corrected chi connectivity index (χ4v) is 4.36. The molecule has 13 heteroatoms. The molecule has 34 heavy (non-hydrogen) atoms. The minimum Gasteiger partial charge on any atom is -0.396 e. The highest BCUT2D eigenvalue weighted by Crippen LogP contribution is 2.35. The molecule has 2 aliphatic rings. The van der Waals surface area contributed by atoms with E-state index in [1.807, 2.05) is 0 Å². The molecule has 1 aromatic carbocycles. The quantitative estimate of drug-likeness (QED) is 0.638. The molecule has 0 unspecified atom stereocenters. The van der Waals surface area contributed by atoms with E-state index < -0.39 is 41.1 Å². The van der Waals surface area contributed by atoms with E-state index >= 15 is 0 Å². The average Bonchev–Trinajstić information content (AvgIpc) is 3.03. The number of urea groups is 1. The maximum Gasteiger partial charge on any atom is 0.419 e. The highest BCUT2D eigenvalue weighted by molar-refractivity contribution is 5.95. The summed E-state index contributed by atoms with van der Waals surface area (Å²) in [5.74, 6) is -3.70. The van der Waals surface area contributed by atoms with E-state index in [-0.39, 0.29) is 49.2 Å². The summed E-state index contributed by atoms with van der Waals surface area (Å²) in [4.78, 5) is 28.6. The minimum absolute atomic E-state index is 0.0693. The molecule has 0 aliphatic carbocycles. The average molecular weight is 487 g/mol. The van der Waals surface area contributed by atoms with Crippen molar-refractivity contribution in [2.24, 2.45) is 5.92 Å². The van der Waals surface area contributed by atoms with Gasteiger partial charge in [0.25, 0.3) is 5.91 Å². The van der Waals surface area contributed by atoms with Gasteiger partial charge < -0.3 is 20.2 Å². The van der Waals surface area contributed by atoms with Gasteiger partial charge in [-0.1, -0.05) is 0 Å². The van der Waals surface area contributed by atoms with Crippen LogP contribution in [-0.4, -0.2) is 62.9 Å². The Labute approximate surface area is 190 Å². The van der Waals surface area contributed by atoms with Gasteiger partial charge in [0.2, 0.25) is 0 Å². The zero-order valence-electron chi connectivity index (χ0n) is 18.3. The first kappa shape index (κ1) is 23.9. The number of fused-ring (bicyclic) bond motifs is 3. The maximum atomic E-state index is 14.1. The minimum atomic E-state index is -5.07. The predicted octanol–water partition coefficient (Wildman–Crippen LogP) is 2.85. The number of carbonyl (C=O) groups is 2. The Balaban J connectivity index is 1.63. The van der Waals surface area contributed by atoms with Crippen molar-refractivity contribution in [1.82, 2.24) is 19.6 Å². The standard InChI is InChI=1S/C21H22F5N5O3/c1-10-3-16-12(18-19(33)29(2)6-11(9-32)7-31(18)28-16)8-30(10)20(34)27-17-4-13(21(24,25)26)14(22)5-15(17)23/h4-5,10-11,32H,3,6-9H2,1-2H3,(H,27,34)/t10-,11+/m1/s1. The van der Waals surface area contributed by atoms with Crippen molar-refractivity contribution < 1.29 is 36.6 Å². The van der Waals surface area contributed by atoms with Crippen molar-refractivity contribution in [2.75, 3.05) is 25.5 Å². The molecule has 184 valence electrons. The zero-order chi connectivity index (χ0) is 24.9. The molecule has 0 radical (unpaired) electrons. The number of hydrogen-bond acceptors (Lipinski definition) is 4. The van der Waals surface area contributed by atoms with E-state index in [0.29, 0.717) is 24.3 Å². The summed E-state index contributed by atoms with van der Waals surface area (Å²) in [6, 6.07) is -1.10. The third kappa shape index (κ3) is 4.19. The van der Waals surface area contributed by atoms with Gasteiger partial charge in [0, 0.05) is 56.8 Å². The number of alkyl halides is 3. The molecule has 2 atom stereocenters. The number of aliphatic hydroxyl groups is 1. The Morgan fingerprint density at radius 3 is 2.59 bits per heavy atom. The fourth-order valence-electron chi connectivity index (χ4n) is 4.36. The van der Waals surface area contributed by atoms with E-state index in [4.69, 9.17) is 0 Å². The van der Waals surface area contributed by atoms with Crippen LogP contribution in [0.25, 0.3) is 0 Å². The Morgan fingerprint density at radius 1 is 1.24 bits per heavy atom. The molecule has 0 fully saturated rings. The van der Waals surface area contributed by atoms with Crippen LogP contribution in [0.15, 0.2) is 12.1 Å². The van der Waals surface area contributed by atoms with Crippen LogP contribution in [0.2, 0.25) is 0 Å². The highest BCUT2D eigenvalue weighted by Gasteiger charge is 2.38. The van der Waals surface area contributed by atoms with E-state index in [9.17, 15) is 36.6 Å². The number of anilines is 1. The second kappa shape index (κ2) is 8.53. The number of amides is 3. The van der Waals surface area contributed by atoms with Crippen molar-refractivity contribution >= 4 is 17.6 Å². The Hall–Kier alpha value is -3.22. The van der Waals surface area contributed by atoms with Gasteiger partial charge in [-0.05, 0) is 13.0 Å². The Kier molecular flexibility index (Phi) is 6.00. The normalized spacial score (nSPS) is 20.6. The van der Waals surface area contributed by atoms with Crippen LogP contribution in [0, 0.1) is 17.6 Å². The van der Waals surface area contributed by atoms with Gasteiger partial charge in [0.1, 0.15) is 17.3 Å². The van der Waals surface area contributed by atoms with Crippen molar-refractivity contribution in [3.63, 3.8) is 0 Å². The lowest BCUT2D eigenvalue weighted by Gasteiger charge is -2.33. The molecule has 0 bridgehead atoms. The lowest BCUT2D eigenvalue weighted by molar-refractivity contribution is -0.140. The zero-order valence-corrected chi connectivity index (χ0v) is 18.3. The molecule has 3 amide bonds. The van der Waals surface area contributed by atoms with Crippen molar-refractivity contribution in [3.05, 3.63) is 46.3 Å². The van der Waals surface area contributed by atoms with Crippen molar-refractivity contribution in [2.45, 2.75) is 38.7 Å². The number of aromatic nitrogens is 2. The topological polar surface area (TPSA) is 90.7 Å². The summed E-state index contributed by atoms with van der Waals surface area (Å²) in [5.41, 5.74) is -1.16. The van der Waals surface area contributed by atoms with Crippen LogP contribution in [0.4, 0.5) is 32.4 Å². The molecule has 0 saturated heterocycles. The highest BCUT2D eigenvalue weighted by atomic mass is 19.4. The fraction of sp³-hybridized carbons (Fsp3) is 0.476. The summed E-state index contributed by atoms with van der Waals surface area (Å²) >= 11 is 0. The molecule has 4 rings (SSSR count). The number of benzene rings is 1. The van der Waals surface area contributed by atoms with Gasteiger partial charge in [-0.15, -0.1) is 0 Å². The first-order valence-corrected chi connectivity index (χ1v) is 10.5. The van der Waals surface area contributed by atoms with E-state index in [0.717, 1.165) is 0 Å². The molecule has 8 nitrogen and oxygen atoms in total. The Morgan fingerprint density at radius 2 is 1.94 bits per heavy atom. The maximum absolute atomic E-state index is 14.1. The van der Waals surface area contributed by atoms with E-state index in [1.165, 1.54) is 14.5 Å². The van der Waals surface area contributed by atoms with Gasteiger partial charge in [-0.2, -0.15) is 18.3 Å². The summed E-state index contributed by atoms with van der Waals surface area (Å²) < 4.78 is 68.3. The summed E-state index contributed by atoms with van der Waals surface area (Å²) in [5, 5.41) is 16.2. The molecule has 0 spiro atoms. The van der Waals surface area contributed by atoms with Crippen LogP contribution < -0.4 is 5.32 Å². The summed E-state index contributed by atoms with van der Waals surface area (Å²) in [7, 11) is 1.59. The van der Waals surface area contributed by atoms with Gasteiger partial charge in [-0.3, -0.25) is 9.48 Å². The van der Waals surface area contributed by atoms with Gasteiger partial charge in [0.05, 0.1) is 23.5 Å². The molecule has 3 heterocycles. The second-order valence-corrected chi connectivity index (χ2v) is 8.61. The van der Waals surface area contributed by atoms with Gasteiger partial charge in [-0.25, -0.2) is 13.6 Å². The van der Waals surface area contributed by atoms with Crippen LogP contribution in [0.1, 0.15) is 34.2 Å². The molecular weight excluding hydrogens is 465 g/mol. The van der Waals surface area contributed by atoms with Crippen LogP contribution in [-0.2, 0) is 25.7 Å². The number of nitrogens with zero attached hydrogens (tertiary/aromatic N) is 4. The molecule has 2 aliphatic heterocycles. The van der Waals surface area contributed by atoms with E-state index in [2.05, 4.69) is 10.4 Å². The van der Waals surface area contributed by atoms with Crippen LogP contribution in [0.5, 0.6) is 0 Å². The smallest absolute Gasteiger partial charge is 0.396 e. The SMILES string of the molecule is C[C@@H]1Cc2nn3c(c2CN1C(=O)Nc1cc(C(F)(F)F)c(F)cc1F)C(=O)N(C)C[C@H](CO)C3. The number of aliphatic hydroxyl groups excluding tert-OH is 1. The molecule has 1 aromatic heterocycles. The van der Waals surface area contributed by atoms with Crippen molar-refractivity contribution in [3.8, 4) is 0 Å². The Bertz CT molecular complexity index is 1150. The number of carbonyl (C=O) groups excluding carboxylic acids is 2. The number of rotatable bonds is 2. The molecular formula is C21H22F5N5O3. The number of hydrogen-bond donors (Lipinski definition) is 2. The van der Waals surface area contributed by atoms with Crippen molar-refractivity contribution in [1.29, 1.82) is 0 Å². The lowest BCUT2D eigenvalue weighted by atomic mass is 9.99. The first-order valence-electron chi connectivity index (χ1n) is 10.5. The van der Waals surface area contributed by atoms with Crippen LogP contribution >= 0.6 is 0 Å². The number of halogens is 5.